The number of hydrogen-bond acceptors (Lipinski definition) is 6. The van der Waals surface area contributed by atoms with E-state index in [0.717, 1.165) is 5.71 Å². The normalized spacial score (nSPS) is 16.9. The summed E-state index contributed by atoms with van der Waals surface area (Å²) in [5, 5.41) is 6.35. The van der Waals surface area contributed by atoms with Crippen LogP contribution in [0.2, 0.25) is 0 Å². The maximum absolute atomic E-state index is 13.0. The molecule has 1 atom stereocenters. The first-order chi connectivity index (χ1) is 12.4. The molecule has 3 heterocycles. The van der Waals surface area contributed by atoms with Gasteiger partial charge >= 0.3 is 5.69 Å². The summed E-state index contributed by atoms with van der Waals surface area (Å²) in [5.41, 5.74) is 1.07. The third-order valence-electron chi connectivity index (χ3n) is 4.76. The topological polar surface area (TPSA) is 86.7 Å². The van der Waals surface area contributed by atoms with Crippen LogP contribution in [-0.4, -0.2) is 44.2 Å². The van der Waals surface area contributed by atoms with E-state index in [1.807, 2.05) is 32.3 Å². The Morgan fingerprint density at radius 1 is 1.19 bits per heavy atom. The average molecular weight is 362 g/mol. The zero-order valence-corrected chi connectivity index (χ0v) is 16.0. The molecule has 3 rings (SSSR count). The zero-order valence-electron chi connectivity index (χ0n) is 16.0. The SMILES string of the molecule is CCCn1c(=O)c2c(nc3n2[C@H](C)C(C)=NN3CCOCC)n(C)c1=O. The van der Waals surface area contributed by atoms with E-state index in [0.29, 0.717) is 49.8 Å². The van der Waals surface area contributed by atoms with Gasteiger partial charge in [0.1, 0.15) is 0 Å². The Morgan fingerprint density at radius 3 is 2.58 bits per heavy atom. The number of hydrogen-bond donors (Lipinski definition) is 0. The van der Waals surface area contributed by atoms with E-state index in [9.17, 15) is 9.59 Å². The van der Waals surface area contributed by atoms with Crippen molar-refractivity contribution in [2.24, 2.45) is 12.1 Å². The lowest BCUT2D eigenvalue weighted by Crippen LogP contribution is -2.40. The number of aryl methyl sites for hydroxylation is 1. The van der Waals surface area contributed by atoms with E-state index in [-0.39, 0.29) is 17.3 Å². The molecule has 0 N–H and O–H groups in total. The number of imidazole rings is 1. The maximum atomic E-state index is 13.0. The minimum absolute atomic E-state index is 0.112. The third-order valence-corrected chi connectivity index (χ3v) is 4.76. The number of aromatic nitrogens is 4. The van der Waals surface area contributed by atoms with Gasteiger partial charge in [0.05, 0.1) is 24.9 Å². The number of hydrazone groups is 1. The second-order valence-electron chi connectivity index (χ2n) is 6.49. The number of nitrogens with zero attached hydrogens (tertiary/aromatic N) is 6. The minimum atomic E-state index is -0.342. The lowest BCUT2D eigenvalue weighted by molar-refractivity contribution is 0.153. The van der Waals surface area contributed by atoms with Gasteiger partial charge < -0.3 is 4.74 Å². The highest BCUT2D eigenvalue weighted by Gasteiger charge is 2.30. The average Bonchev–Trinajstić information content (AvgIpc) is 3.02. The molecule has 1 aliphatic heterocycles. The summed E-state index contributed by atoms with van der Waals surface area (Å²) in [6.45, 7) is 9.84. The molecule has 0 aliphatic carbocycles. The van der Waals surface area contributed by atoms with E-state index in [4.69, 9.17) is 4.74 Å². The lowest BCUT2D eigenvalue weighted by atomic mass is 10.2. The Bertz CT molecular complexity index is 968. The smallest absolute Gasteiger partial charge is 0.332 e. The van der Waals surface area contributed by atoms with Gasteiger partial charge in [-0.3, -0.25) is 18.5 Å². The second kappa shape index (κ2) is 7.06. The highest BCUT2D eigenvalue weighted by atomic mass is 16.5. The summed E-state index contributed by atoms with van der Waals surface area (Å²) in [5.74, 6) is 0.569. The van der Waals surface area contributed by atoms with Gasteiger partial charge in [-0.15, -0.1) is 0 Å². The van der Waals surface area contributed by atoms with Crippen LogP contribution in [0.15, 0.2) is 14.7 Å². The molecule has 0 fully saturated rings. The second-order valence-corrected chi connectivity index (χ2v) is 6.49. The zero-order chi connectivity index (χ0) is 19.0. The molecule has 2 aromatic heterocycles. The molecule has 0 unspecified atom stereocenters. The van der Waals surface area contributed by atoms with Crippen LogP contribution in [-0.2, 0) is 18.3 Å². The molecule has 0 saturated carbocycles. The molecular formula is C17H26N6O3. The summed E-state index contributed by atoms with van der Waals surface area (Å²) in [6, 6.07) is -0.112. The van der Waals surface area contributed by atoms with Crippen molar-refractivity contribution >= 4 is 22.8 Å². The standard InChI is InChI=1S/C17H26N6O3/c1-6-8-21-15(24)13-14(20(5)17(21)25)18-16-22(9-10-26-7-2)19-11(3)12(4)23(13)16/h12H,6-10H2,1-5H3/t12-/m1/s1. The van der Waals surface area contributed by atoms with Crippen LogP contribution in [0.3, 0.4) is 0 Å². The maximum Gasteiger partial charge on any atom is 0.332 e. The van der Waals surface area contributed by atoms with Crippen LogP contribution in [0, 0.1) is 0 Å². The van der Waals surface area contributed by atoms with Crippen molar-refractivity contribution in [2.75, 3.05) is 24.8 Å². The van der Waals surface area contributed by atoms with Gasteiger partial charge in [-0.25, -0.2) is 9.80 Å². The first kappa shape index (κ1) is 18.4. The number of anilines is 1. The predicted octanol–water partition coefficient (Wildman–Crippen LogP) is 1.10. The van der Waals surface area contributed by atoms with Crippen LogP contribution in [0.4, 0.5) is 5.95 Å². The highest BCUT2D eigenvalue weighted by molar-refractivity contribution is 5.91. The third kappa shape index (κ3) is 2.76. The van der Waals surface area contributed by atoms with Crippen molar-refractivity contribution in [3.63, 3.8) is 0 Å². The van der Waals surface area contributed by atoms with Gasteiger partial charge in [0, 0.05) is 20.2 Å². The van der Waals surface area contributed by atoms with E-state index < -0.39 is 0 Å². The molecule has 0 bridgehead atoms. The largest absolute Gasteiger partial charge is 0.380 e. The molecule has 0 amide bonds. The van der Waals surface area contributed by atoms with Crippen molar-refractivity contribution in [3.8, 4) is 0 Å². The molecule has 9 nitrogen and oxygen atoms in total. The van der Waals surface area contributed by atoms with Crippen molar-refractivity contribution in [2.45, 2.75) is 46.7 Å². The van der Waals surface area contributed by atoms with Crippen LogP contribution in [0.25, 0.3) is 11.2 Å². The molecule has 0 aromatic carbocycles. The van der Waals surface area contributed by atoms with Crippen LogP contribution in [0.5, 0.6) is 0 Å². The Kier molecular flexibility index (Phi) is 4.99. The molecule has 9 heteroatoms. The summed E-state index contributed by atoms with van der Waals surface area (Å²) in [4.78, 5) is 30.2. The molecule has 0 saturated heterocycles. The van der Waals surface area contributed by atoms with Gasteiger partial charge in [0.2, 0.25) is 5.95 Å². The van der Waals surface area contributed by atoms with Crippen molar-refractivity contribution in [1.82, 2.24) is 18.7 Å². The molecule has 0 spiro atoms. The quantitative estimate of drug-likeness (QED) is 0.718. The fourth-order valence-corrected chi connectivity index (χ4v) is 3.25. The fraction of sp³-hybridized carbons (Fsp3) is 0.647. The Balaban J connectivity index is 2.26. The molecule has 142 valence electrons. The van der Waals surface area contributed by atoms with Crippen LogP contribution in [0.1, 0.15) is 40.2 Å². The van der Waals surface area contributed by atoms with E-state index in [1.165, 1.54) is 9.13 Å². The first-order valence-electron chi connectivity index (χ1n) is 9.04. The van der Waals surface area contributed by atoms with Gasteiger partial charge in [-0.1, -0.05) is 6.92 Å². The first-order valence-corrected chi connectivity index (χ1v) is 9.04. The molecule has 1 aliphatic rings. The van der Waals surface area contributed by atoms with Crippen LogP contribution < -0.4 is 16.3 Å². The Labute approximate surface area is 151 Å². The molecular weight excluding hydrogens is 336 g/mol. The highest BCUT2D eigenvalue weighted by Crippen LogP contribution is 2.29. The fourth-order valence-electron chi connectivity index (χ4n) is 3.25. The predicted molar refractivity (Wildman–Crippen MR) is 101 cm³/mol. The van der Waals surface area contributed by atoms with Crippen molar-refractivity contribution in [1.29, 1.82) is 0 Å². The number of ether oxygens (including phenoxy) is 1. The molecule has 0 radical (unpaired) electrons. The van der Waals surface area contributed by atoms with Gasteiger partial charge in [0.15, 0.2) is 11.2 Å². The summed E-state index contributed by atoms with van der Waals surface area (Å²) in [7, 11) is 1.65. The summed E-state index contributed by atoms with van der Waals surface area (Å²) < 4.78 is 10.1. The van der Waals surface area contributed by atoms with Crippen molar-refractivity contribution < 1.29 is 4.74 Å². The summed E-state index contributed by atoms with van der Waals surface area (Å²) in [6.07, 6.45) is 0.707. The Hall–Kier alpha value is -2.42. The molecule has 2 aromatic rings. The lowest BCUT2D eigenvalue weighted by Gasteiger charge is -2.29. The number of rotatable bonds is 6. The summed E-state index contributed by atoms with van der Waals surface area (Å²) >= 11 is 0. The van der Waals surface area contributed by atoms with Crippen LogP contribution >= 0.6 is 0 Å². The molecule has 26 heavy (non-hydrogen) atoms. The van der Waals surface area contributed by atoms with E-state index in [2.05, 4.69) is 10.1 Å². The number of fused-ring (bicyclic) bond motifs is 3. The van der Waals surface area contributed by atoms with Gasteiger partial charge in [0.25, 0.3) is 5.56 Å². The van der Waals surface area contributed by atoms with E-state index >= 15 is 0 Å². The van der Waals surface area contributed by atoms with Gasteiger partial charge in [-0.05, 0) is 27.2 Å². The monoisotopic (exact) mass is 362 g/mol. The Morgan fingerprint density at radius 2 is 1.92 bits per heavy atom. The van der Waals surface area contributed by atoms with E-state index in [1.54, 1.807) is 12.1 Å². The minimum Gasteiger partial charge on any atom is -0.380 e. The van der Waals surface area contributed by atoms with Gasteiger partial charge in [-0.2, -0.15) is 10.1 Å². The van der Waals surface area contributed by atoms with Crippen molar-refractivity contribution in [3.05, 3.63) is 20.8 Å².